The third-order valence-corrected chi connectivity index (χ3v) is 8.50. The van der Waals surface area contributed by atoms with Gasteiger partial charge in [-0.1, -0.05) is 6.07 Å². The van der Waals surface area contributed by atoms with Gasteiger partial charge in [-0.25, -0.2) is 22.7 Å². The molecule has 0 saturated carbocycles. The van der Waals surface area contributed by atoms with Gasteiger partial charge in [-0.2, -0.15) is 13.2 Å². The van der Waals surface area contributed by atoms with Gasteiger partial charge in [0.1, 0.15) is 17.8 Å². The van der Waals surface area contributed by atoms with Crippen molar-refractivity contribution in [2.24, 2.45) is 0 Å². The normalized spacial score (nSPS) is 18.8. The number of likely N-dealkylation sites (tertiary alicyclic amines) is 2. The molecule has 1 aromatic heterocycles. The first kappa shape index (κ1) is 27.3. The highest BCUT2D eigenvalue weighted by molar-refractivity contribution is 7.88. The molecule has 9 nitrogen and oxygen atoms in total. The summed E-state index contributed by atoms with van der Waals surface area (Å²) in [7, 11) is -1.57. The van der Waals surface area contributed by atoms with E-state index in [4.69, 9.17) is 0 Å². The number of sulfonamides is 1. The van der Waals surface area contributed by atoms with Gasteiger partial charge in [-0.15, -0.1) is 0 Å². The van der Waals surface area contributed by atoms with E-state index in [1.54, 1.807) is 11.9 Å². The average Bonchev–Trinajstić information content (AvgIpc) is 2.87. The summed E-state index contributed by atoms with van der Waals surface area (Å²) in [4.78, 5) is 25.3. The summed E-state index contributed by atoms with van der Waals surface area (Å²) in [6.07, 6.45) is 1.16. The topological polar surface area (TPSA) is 98.7 Å². The first-order chi connectivity index (χ1) is 17.4. The lowest BCUT2D eigenvalue weighted by atomic mass is 9.97. The number of halogens is 3. The maximum absolute atomic E-state index is 13.1. The summed E-state index contributed by atoms with van der Waals surface area (Å²) < 4.78 is 64.1. The second kappa shape index (κ2) is 10.9. The first-order valence-electron chi connectivity index (χ1n) is 12.1. The number of nitrogens with one attached hydrogen (secondary N) is 1. The smallest absolute Gasteiger partial charge is 0.340 e. The minimum atomic E-state index is -4.46. The van der Waals surface area contributed by atoms with Gasteiger partial charge in [0, 0.05) is 44.0 Å². The molecule has 2 fully saturated rings. The van der Waals surface area contributed by atoms with E-state index in [9.17, 15) is 26.4 Å². The maximum Gasteiger partial charge on any atom is 0.416 e. The van der Waals surface area contributed by atoms with Crippen molar-refractivity contribution in [3.8, 4) is 0 Å². The quantitative estimate of drug-likeness (QED) is 0.601. The Morgan fingerprint density at radius 3 is 2.35 bits per heavy atom. The molecule has 202 valence electrons. The van der Waals surface area contributed by atoms with Crippen LogP contribution in [0.4, 0.5) is 24.7 Å². The van der Waals surface area contributed by atoms with Crippen molar-refractivity contribution in [1.29, 1.82) is 0 Å². The van der Waals surface area contributed by atoms with Crippen molar-refractivity contribution in [2.75, 3.05) is 44.8 Å². The Morgan fingerprint density at radius 2 is 1.73 bits per heavy atom. The Balaban J connectivity index is 1.31. The van der Waals surface area contributed by atoms with Crippen LogP contribution in [-0.4, -0.2) is 90.0 Å². The number of rotatable bonds is 6. The van der Waals surface area contributed by atoms with Crippen molar-refractivity contribution in [2.45, 2.75) is 43.9 Å². The monoisotopic (exact) mass is 540 g/mol. The Morgan fingerprint density at radius 1 is 1.05 bits per heavy atom. The van der Waals surface area contributed by atoms with Gasteiger partial charge in [-0.3, -0.25) is 4.79 Å². The molecule has 0 unspecified atom stereocenters. The first-order valence-corrected chi connectivity index (χ1v) is 14.0. The van der Waals surface area contributed by atoms with Crippen LogP contribution in [0, 0.1) is 0 Å². The Labute approximate surface area is 214 Å². The number of anilines is 2. The molecule has 0 bridgehead atoms. The minimum Gasteiger partial charge on any atom is -0.340 e. The number of carbonyl (C=O) groups is 1. The molecule has 2 aliphatic rings. The van der Waals surface area contributed by atoms with Crippen LogP contribution in [0.1, 0.15) is 41.7 Å². The van der Waals surface area contributed by atoms with E-state index in [1.165, 1.54) is 35.1 Å². The van der Waals surface area contributed by atoms with Gasteiger partial charge in [0.2, 0.25) is 10.0 Å². The van der Waals surface area contributed by atoms with E-state index in [0.29, 0.717) is 19.1 Å². The Hall–Kier alpha value is -2.77. The zero-order valence-electron chi connectivity index (χ0n) is 20.8. The fourth-order valence-corrected chi connectivity index (χ4v) is 5.70. The predicted molar refractivity (Wildman–Crippen MR) is 133 cm³/mol. The average molecular weight is 541 g/mol. The lowest BCUT2D eigenvalue weighted by Gasteiger charge is -2.42. The number of benzene rings is 1. The fourth-order valence-electron chi connectivity index (χ4n) is 4.95. The van der Waals surface area contributed by atoms with Crippen LogP contribution in [-0.2, 0) is 16.2 Å². The number of amides is 1. The summed E-state index contributed by atoms with van der Waals surface area (Å²) in [6.45, 7) is 2.76. The van der Waals surface area contributed by atoms with Crippen LogP contribution >= 0.6 is 0 Å². The largest absolute Gasteiger partial charge is 0.416 e. The number of carbonyl (C=O) groups excluding carboxylic acids is 1. The van der Waals surface area contributed by atoms with E-state index < -0.39 is 21.8 Å². The van der Waals surface area contributed by atoms with Gasteiger partial charge in [0.05, 0.1) is 11.8 Å². The molecule has 0 radical (unpaired) electrons. The van der Waals surface area contributed by atoms with E-state index in [2.05, 4.69) is 20.2 Å². The predicted octanol–water partition coefficient (Wildman–Crippen LogP) is 3.20. The molecule has 1 aromatic carbocycles. The molecule has 2 aliphatic heterocycles. The zero-order valence-corrected chi connectivity index (χ0v) is 21.6. The van der Waals surface area contributed by atoms with Gasteiger partial charge in [-0.05, 0) is 57.0 Å². The fraction of sp³-hybridized carbons (Fsp3) is 0.542. The second-order valence-corrected chi connectivity index (χ2v) is 11.6. The van der Waals surface area contributed by atoms with Gasteiger partial charge >= 0.3 is 6.18 Å². The highest BCUT2D eigenvalue weighted by Crippen LogP contribution is 2.31. The van der Waals surface area contributed by atoms with Gasteiger partial charge < -0.3 is 15.1 Å². The number of hydrogen-bond acceptors (Lipinski definition) is 7. The summed E-state index contributed by atoms with van der Waals surface area (Å²) in [5.41, 5.74) is -0.399. The Bertz CT molecular complexity index is 1210. The molecule has 3 heterocycles. The number of hydrogen-bond donors (Lipinski definition) is 1. The van der Waals surface area contributed by atoms with E-state index >= 15 is 0 Å². The molecule has 4 rings (SSSR count). The second-order valence-electron chi connectivity index (χ2n) is 9.56. The lowest BCUT2D eigenvalue weighted by molar-refractivity contribution is -0.137. The summed E-state index contributed by atoms with van der Waals surface area (Å²) in [5, 5.41) is 2.82. The number of aromatic nitrogens is 2. The molecule has 0 atom stereocenters. The highest BCUT2D eigenvalue weighted by atomic mass is 32.2. The molecular weight excluding hydrogens is 509 g/mol. The molecule has 0 aliphatic carbocycles. The van der Waals surface area contributed by atoms with E-state index in [-0.39, 0.29) is 29.1 Å². The summed E-state index contributed by atoms with van der Waals surface area (Å²) in [6, 6.07) is 6.55. The molecule has 13 heteroatoms. The van der Waals surface area contributed by atoms with Crippen molar-refractivity contribution >= 4 is 27.4 Å². The number of alkyl halides is 3. The van der Waals surface area contributed by atoms with Crippen LogP contribution < -0.4 is 5.32 Å². The third-order valence-electron chi connectivity index (χ3n) is 7.15. The van der Waals surface area contributed by atoms with Gasteiger partial charge in [0.25, 0.3) is 5.91 Å². The standard InChI is InChI=1S/C24H31F3N6O3S/c1-31(37(2,35)36)19-6-10-32(11-7-19)20-8-12-33(13-9-20)23(34)21-15-22(29-16-28-21)30-18-5-3-4-17(14-18)24(25,26)27/h3-5,14-16,19-20H,6-13H2,1-2H3,(H,28,29,30). The molecule has 1 N–H and O–H groups in total. The van der Waals surface area contributed by atoms with Crippen LogP contribution in [0.15, 0.2) is 36.7 Å². The molecular formula is C24H31F3N6O3S. The van der Waals surface area contributed by atoms with Crippen LogP contribution in [0.5, 0.6) is 0 Å². The number of piperidine rings is 2. The lowest BCUT2D eigenvalue weighted by Crippen LogP contribution is -2.52. The third kappa shape index (κ3) is 6.76. The van der Waals surface area contributed by atoms with Crippen LogP contribution in [0.25, 0.3) is 0 Å². The summed E-state index contributed by atoms with van der Waals surface area (Å²) in [5.74, 6) is -0.0177. The van der Waals surface area contributed by atoms with E-state index in [1.807, 2.05) is 0 Å². The molecule has 2 saturated heterocycles. The zero-order chi connectivity index (χ0) is 26.8. The maximum atomic E-state index is 13.1. The van der Waals surface area contributed by atoms with Crippen molar-refractivity contribution < 1.29 is 26.4 Å². The molecule has 2 aromatic rings. The Kier molecular flexibility index (Phi) is 8.05. The molecule has 1 amide bonds. The van der Waals surface area contributed by atoms with E-state index in [0.717, 1.165) is 50.9 Å². The molecule has 37 heavy (non-hydrogen) atoms. The van der Waals surface area contributed by atoms with Crippen molar-refractivity contribution in [3.05, 3.63) is 47.9 Å². The minimum absolute atomic E-state index is 0.0180. The SMILES string of the molecule is CN(C1CCN(C2CCN(C(=O)c3cc(Nc4cccc(C(F)(F)F)c4)ncn3)CC2)CC1)S(C)(=O)=O. The summed E-state index contributed by atoms with van der Waals surface area (Å²) >= 11 is 0. The molecule has 0 spiro atoms. The van der Waals surface area contributed by atoms with Crippen molar-refractivity contribution in [3.63, 3.8) is 0 Å². The van der Waals surface area contributed by atoms with Crippen molar-refractivity contribution in [1.82, 2.24) is 24.1 Å². The van der Waals surface area contributed by atoms with Crippen LogP contribution in [0.2, 0.25) is 0 Å². The van der Waals surface area contributed by atoms with Gasteiger partial charge in [0.15, 0.2) is 0 Å². The number of nitrogens with zero attached hydrogens (tertiary/aromatic N) is 5. The van der Waals surface area contributed by atoms with Crippen LogP contribution in [0.3, 0.4) is 0 Å². The highest BCUT2D eigenvalue weighted by Gasteiger charge is 2.33.